The maximum absolute atomic E-state index is 12.1. The molecule has 0 aliphatic carbocycles. The molecule has 20 heavy (non-hydrogen) atoms. The molecular formula is C12H12Cl3NO3S. The van der Waals surface area contributed by atoms with Crippen molar-refractivity contribution < 1.29 is 13.2 Å². The number of sulfone groups is 1. The molecule has 1 atom stereocenters. The summed E-state index contributed by atoms with van der Waals surface area (Å²) in [5, 5.41) is 0.745. The van der Waals surface area contributed by atoms with E-state index in [0.29, 0.717) is 22.2 Å². The van der Waals surface area contributed by atoms with Crippen molar-refractivity contribution in [1.82, 2.24) is 0 Å². The SMILES string of the molecule is O=C(CCl)N(c1cc(Cl)ccc1Cl)[C@H]1CCS(=O)(=O)C1. The van der Waals surface area contributed by atoms with Gasteiger partial charge in [0, 0.05) is 5.02 Å². The smallest absolute Gasteiger partial charge is 0.242 e. The molecule has 1 fully saturated rings. The van der Waals surface area contributed by atoms with Crippen molar-refractivity contribution in [2.75, 3.05) is 22.3 Å². The number of nitrogens with zero attached hydrogens (tertiary/aromatic N) is 1. The van der Waals surface area contributed by atoms with Crippen LogP contribution in [0.4, 0.5) is 5.69 Å². The minimum absolute atomic E-state index is 0.0575. The lowest BCUT2D eigenvalue weighted by atomic mass is 10.2. The van der Waals surface area contributed by atoms with Crippen LogP contribution in [0.2, 0.25) is 10.0 Å². The van der Waals surface area contributed by atoms with Crippen LogP contribution in [0.15, 0.2) is 18.2 Å². The number of alkyl halides is 1. The second kappa shape index (κ2) is 6.10. The Balaban J connectivity index is 2.43. The summed E-state index contributed by atoms with van der Waals surface area (Å²) in [6.45, 7) is 0. The fourth-order valence-corrected chi connectivity index (χ4v) is 4.45. The summed E-state index contributed by atoms with van der Waals surface area (Å²) >= 11 is 17.6. The zero-order valence-corrected chi connectivity index (χ0v) is 13.4. The lowest BCUT2D eigenvalue weighted by Gasteiger charge is -2.28. The third kappa shape index (κ3) is 3.39. The van der Waals surface area contributed by atoms with E-state index in [-0.39, 0.29) is 17.4 Å². The highest BCUT2D eigenvalue weighted by Gasteiger charge is 2.36. The number of hydrogen-bond acceptors (Lipinski definition) is 3. The van der Waals surface area contributed by atoms with Gasteiger partial charge in [0.2, 0.25) is 5.91 Å². The van der Waals surface area contributed by atoms with Crippen LogP contribution < -0.4 is 4.90 Å². The quantitative estimate of drug-likeness (QED) is 0.783. The van der Waals surface area contributed by atoms with Gasteiger partial charge < -0.3 is 4.90 Å². The molecule has 1 aliphatic heterocycles. The number of benzene rings is 1. The average Bonchev–Trinajstić information content (AvgIpc) is 2.74. The van der Waals surface area contributed by atoms with E-state index in [9.17, 15) is 13.2 Å². The minimum atomic E-state index is -3.13. The largest absolute Gasteiger partial charge is 0.306 e. The molecule has 0 unspecified atom stereocenters. The first-order valence-corrected chi connectivity index (χ1v) is 8.99. The Hall–Kier alpha value is -0.490. The summed E-state index contributed by atoms with van der Waals surface area (Å²) in [6.07, 6.45) is 0.369. The summed E-state index contributed by atoms with van der Waals surface area (Å²) in [7, 11) is -3.13. The van der Waals surface area contributed by atoms with Crippen LogP contribution in [0.25, 0.3) is 0 Å². The van der Waals surface area contributed by atoms with Crippen molar-refractivity contribution in [3.05, 3.63) is 28.2 Å². The van der Waals surface area contributed by atoms with Gasteiger partial charge in [-0.05, 0) is 24.6 Å². The van der Waals surface area contributed by atoms with Crippen molar-refractivity contribution in [2.45, 2.75) is 12.5 Å². The predicted molar refractivity (Wildman–Crippen MR) is 81.7 cm³/mol. The van der Waals surface area contributed by atoms with Gasteiger partial charge in [-0.2, -0.15) is 0 Å². The van der Waals surface area contributed by atoms with Crippen LogP contribution >= 0.6 is 34.8 Å². The van der Waals surface area contributed by atoms with Crippen molar-refractivity contribution in [3.8, 4) is 0 Å². The van der Waals surface area contributed by atoms with E-state index in [0.717, 1.165) is 0 Å². The Morgan fingerprint density at radius 2 is 2.05 bits per heavy atom. The molecule has 0 N–H and O–H groups in total. The van der Waals surface area contributed by atoms with Crippen LogP contribution in [0.1, 0.15) is 6.42 Å². The topological polar surface area (TPSA) is 54.5 Å². The van der Waals surface area contributed by atoms with Crippen LogP contribution in [0, 0.1) is 0 Å². The molecule has 1 aromatic rings. The average molecular weight is 357 g/mol. The maximum atomic E-state index is 12.1. The molecule has 0 bridgehead atoms. The highest BCUT2D eigenvalue weighted by Crippen LogP contribution is 2.33. The molecular weight excluding hydrogens is 345 g/mol. The highest BCUT2D eigenvalue weighted by molar-refractivity contribution is 7.91. The van der Waals surface area contributed by atoms with E-state index in [1.807, 2.05) is 0 Å². The fourth-order valence-electron chi connectivity index (χ4n) is 2.25. The summed E-state index contributed by atoms with van der Waals surface area (Å²) in [5.41, 5.74) is 0.395. The Morgan fingerprint density at radius 1 is 1.35 bits per heavy atom. The zero-order valence-electron chi connectivity index (χ0n) is 10.4. The highest BCUT2D eigenvalue weighted by atomic mass is 35.5. The van der Waals surface area contributed by atoms with Gasteiger partial charge >= 0.3 is 0 Å². The first-order chi connectivity index (χ1) is 9.34. The summed E-state index contributed by atoms with van der Waals surface area (Å²) < 4.78 is 23.2. The monoisotopic (exact) mass is 355 g/mol. The number of rotatable bonds is 3. The van der Waals surface area contributed by atoms with Crippen LogP contribution in [-0.2, 0) is 14.6 Å². The molecule has 8 heteroatoms. The number of amides is 1. The van der Waals surface area contributed by atoms with Gasteiger partial charge in [-0.3, -0.25) is 4.79 Å². The molecule has 0 aromatic heterocycles. The molecule has 0 spiro atoms. The summed E-state index contributed by atoms with van der Waals surface area (Å²) in [4.78, 5) is 13.4. The Labute approximate surface area is 132 Å². The maximum Gasteiger partial charge on any atom is 0.242 e. The van der Waals surface area contributed by atoms with Crippen molar-refractivity contribution in [1.29, 1.82) is 0 Å². The normalized spacial score (nSPS) is 20.9. The van der Waals surface area contributed by atoms with Crippen molar-refractivity contribution >= 4 is 56.2 Å². The molecule has 1 amide bonds. The predicted octanol–water partition coefficient (Wildman–Crippen LogP) is 2.75. The number of halogens is 3. The molecule has 2 rings (SSSR count). The first kappa shape index (κ1) is 15.9. The number of hydrogen-bond donors (Lipinski definition) is 0. The second-order valence-electron chi connectivity index (χ2n) is 4.55. The van der Waals surface area contributed by atoms with E-state index < -0.39 is 21.8 Å². The molecule has 110 valence electrons. The van der Waals surface area contributed by atoms with Gasteiger partial charge in [0.15, 0.2) is 9.84 Å². The van der Waals surface area contributed by atoms with Crippen molar-refractivity contribution in [2.24, 2.45) is 0 Å². The third-order valence-corrected chi connectivity index (χ3v) is 5.66. The molecule has 1 saturated heterocycles. The van der Waals surface area contributed by atoms with Crippen molar-refractivity contribution in [3.63, 3.8) is 0 Å². The van der Waals surface area contributed by atoms with Gasteiger partial charge in [0.25, 0.3) is 0 Å². The first-order valence-electron chi connectivity index (χ1n) is 5.87. The Bertz CT molecular complexity index is 633. The Kier molecular flexibility index (Phi) is 4.84. The molecule has 0 saturated carbocycles. The van der Waals surface area contributed by atoms with Gasteiger partial charge in [0.05, 0.1) is 28.3 Å². The fraction of sp³-hybridized carbons (Fsp3) is 0.417. The van der Waals surface area contributed by atoms with Gasteiger partial charge in [-0.25, -0.2) is 8.42 Å². The van der Waals surface area contributed by atoms with Crippen LogP contribution in [-0.4, -0.2) is 37.8 Å². The third-order valence-electron chi connectivity index (χ3n) is 3.12. The summed E-state index contributed by atoms with van der Waals surface area (Å²) in [5.74, 6) is -0.669. The van der Waals surface area contributed by atoms with E-state index in [4.69, 9.17) is 34.8 Å². The van der Waals surface area contributed by atoms with Gasteiger partial charge in [-0.15, -0.1) is 11.6 Å². The molecule has 0 radical (unpaired) electrons. The van der Waals surface area contributed by atoms with Gasteiger partial charge in [-0.1, -0.05) is 23.2 Å². The van der Waals surface area contributed by atoms with Gasteiger partial charge in [0.1, 0.15) is 5.88 Å². The number of carbonyl (C=O) groups excluding carboxylic acids is 1. The molecule has 1 heterocycles. The van der Waals surface area contributed by atoms with E-state index in [2.05, 4.69) is 0 Å². The zero-order chi connectivity index (χ0) is 14.9. The van der Waals surface area contributed by atoms with E-state index >= 15 is 0 Å². The summed E-state index contributed by atoms with van der Waals surface area (Å²) in [6, 6.07) is 4.25. The van der Waals surface area contributed by atoms with Crippen LogP contribution in [0.3, 0.4) is 0 Å². The van der Waals surface area contributed by atoms with E-state index in [1.165, 1.54) is 4.90 Å². The Morgan fingerprint density at radius 3 is 2.60 bits per heavy atom. The lowest BCUT2D eigenvalue weighted by molar-refractivity contribution is -0.116. The molecule has 1 aromatic carbocycles. The number of anilines is 1. The molecule has 1 aliphatic rings. The number of carbonyl (C=O) groups is 1. The standard InChI is InChI=1S/C12H12Cl3NO3S/c13-6-12(17)16(9-3-4-20(18,19)7-9)11-5-8(14)1-2-10(11)15/h1-2,5,9H,3-4,6-7H2/t9-/m0/s1. The molecule has 4 nitrogen and oxygen atoms in total. The lowest BCUT2D eigenvalue weighted by Crippen LogP contribution is -2.42. The van der Waals surface area contributed by atoms with E-state index in [1.54, 1.807) is 18.2 Å². The van der Waals surface area contributed by atoms with Crippen LogP contribution in [0.5, 0.6) is 0 Å². The second-order valence-corrected chi connectivity index (χ2v) is 7.89. The minimum Gasteiger partial charge on any atom is -0.306 e.